The second-order valence-electron chi connectivity index (χ2n) is 5.15. The summed E-state index contributed by atoms with van der Waals surface area (Å²) in [5.74, 6) is 1.81. The van der Waals surface area contributed by atoms with E-state index in [0.717, 1.165) is 22.1 Å². The molecule has 0 aliphatic heterocycles. The van der Waals surface area contributed by atoms with E-state index in [2.05, 4.69) is 18.2 Å². The average molecular weight is 285 g/mol. The number of rotatable bonds is 4. The number of methoxy groups -OCH3 is 1. The van der Waals surface area contributed by atoms with Crippen LogP contribution in [0.3, 0.4) is 0 Å². The molecular weight excluding hydrogens is 266 g/mol. The minimum absolute atomic E-state index is 0.817. The normalized spacial score (nSPS) is 13.2. The molecule has 0 saturated heterocycles. The van der Waals surface area contributed by atoms with Gasteiger partial charge < -0.3 is 10.5 Å². The summed E-state index contributed by atoms with van der Waals surface area (Å²) in [6, 6.07) is 12.7. The molecule has 2 nitrogen and oxygen atoms in total. The number of nitrogen functional groups attached to an aromatic ring is 1. The lowest BCUT2D eigenvalue weighted by Crippen LogP contribution is -1.92. The van der Waals surface area contributed by atoms with Crippen molar-refractivity contribution < 1.29 is 4.74 Å². The first-order chi connectivity index (χ1) is 9.76. The number of fused-ring (bicyclic) bond motifs is 1. The summed E-state index contributed by atoms with van der Waals surface area (Å²) >= 11 is 1.77. The van der Waals surface area contributed by atoms with Crippen molar-refractivity contribution in [2.75, 3.05) is 12.8 Å². The molecule has 1 aliphatic rings. The Morgan fingerprint density at radius 1 is 1.10 bits per heavy atom. The fraction of sp³-hybridized carbons (Fsp3) is 0.294. The Kier molecular flexibility index (Phi) is 3.88. The second-order valence-corrected chi connectivity index (χ2v) is 6.17. The highest BCUT2D eigenvalue weighted by Gasteiger charge is 2.11. The van der Waals surface area contributed by atoms with Gasteiger partial charge in [-0.1, -0.05) is 18.2 Å². The van der Waals surface area contributed by atoms with Crippen LogP contribution >= 0.6 is 11.8 Å². The van der Waals surface area contributed by atoms with Crippen LogP contribution in [0.25, 0.3) is 0 Å². The Hall–Kier alpha value is -1.61. The van der Waals surface area contributed by atoms with E-state index in [4.69, 9.17) is 10.5 Å². The molecule has 3 heteroatoms. The van der Waals surface area contributed by atoms with Gasteiger partial charge in [-0.2, -0.15) is 0 Å². The summed E-state index contributed by atoms with van der Waals surface area (Å²) in [6.07, 6.45) is 3.77. The summed E-state index contributed by atoms with van der Waals surface area (Å²) < 4.78 is 5.25. The highest BCUT2D eigenvalue weighted by Crippen LogP contribution is 2.32. The third-order valence-corrected chi connectivity index (χ3v) is 4.92. The van der Waals surface area contributed by atoms with E-state index >= 15 is 0 Å². The molecular formula is C17H19NOS. The lowest BCUT2D eigenvalue weighted by atomic mass is 10.1. The third-order valence-electron chi connectivity index (χ3n) is 3.78. The largest absolute Gasteiger partial charge is 0.497 e. The van der Waals surface area contributed by atoms with Gasteiger partial charge in [0.15, 0.2) is 0 Å². The van der Waals surface area contributed by atoms with E-state index in [9.17, 15) is 0 Å². The number of benzene rings is 2. The number of aryl methyl sites for hydroxylation is 2. The molecule has 2 N–H and O–H groups in total. The Morgan fingerprint density at radius 2 is 1.95 bits per heavy atom. The number of anilines is 1. The monoisotopic (exact) mass is 285 g/mol. The fourth-order valence-corrected chi connectivity index (χ4v) is 3.58. The van der Waals surface area contributed by atoms with Crippen LogP contribution in [0.4, 0.5) is 5.69 Å². The number of nitrogens with two attached hydrogens (primary N) is 1. The molecule has 0 aromatic heterocycles. The van der Waals surface area contributed by atoms with Crippen molar-refractivity contribution in [1.29, 1.82) is 0 Å². The lowest BCUT2D eigenvalue weighted by molar-refractivity contribution is 0.414. The van der Waals surface area contributed by atoms with Crippen LogP contribution in [0.15, 0.2) is 41.3 Å². The van der Waals surface area contributed by atoms with E-state index in [1.165, 1.54) is 36.0 Å². The predicted octanol–water partition coefficient (Wildman–Crippen LogP) is 4.06. The van der Waals surface area contributed by atoms with Crippen molar-refractivity contribution in [3.05, 3.63) is 53.1 Å². The van der Waals surface area contributed by atoms with Crippen molar-refractivity contribution in [2.45, 2.75) is 29.9 Å². The predicted molar refractivity (Wildman–Crippen MR) is 85.4 cm³/mol. The topological polar surface area (TPSA) is 35.2 Å². The van der Waals surface area contributed by atoms with Crippen LogP contribution in [0.5, 0.6) is 5.75 Å². The molecule has 0 fully saturated rings. The number of hydrogen-bond acceptors (Lipinski definition) is 3. The average Bonchev–Trinajstić information content (AvgIpc) is 2.94. The fourth-order valence-electron chi connectivity index (χ4n) is 2.64. The molecule has 1 aliphatic carbocycles. The van der Waals surface area contributed by atoms with Gasteiger partial charge in [-0.15, -0.1) is 11.8 Å². The van der Waals surface area contributed by atoms with E-state index in [0.29, 0.717) is 0 Å². The van der Waals surface area contributed by atoms with Gasteiger partial charge in [0.25, 0.3) is 0 Å². The molecule has 0 radical (unpaired) electrons. The van der Waals surface area contributed by atoms with Crippen molar-refractivity contribution in [1.82, 2.24) is 0 Å². The third kappa shape index (κ3) is 2.78. The molecule has 20 heavy (non-hydrogen) atoms. The molecule has 0 spiro atoms. The zero-order valence-corrected chi connectivity index (χ0v) is 12.5. The SMILES string of the molecule is COc1ccc(N)c(SCc2ccc3c(c2)CCC3)c1. The molecule has 3 rings (SSSR count). The number of ether oxygens (including phenoxy) is 1. The molecule has 2 aromatic rings. The first kappa shape index (κ1) is 13.4. The van der Waals surface area contributed by atoms with E-state index < -0.39 is 0 Å². The van der Waals surface area contributed by atoms with E-state index in [1.54, 1.807) is 18.9 Å². The second kappa shape index (κ2) is 5.80. The summed E-state index contributed by atoms with van der Waals surface area (Å²) in [7, 11) is 1.68. The van der Waals surface area contributed by atoms with Crippen LogP contribution < -0.4 is 10.5 Å². The maximum absolute atomic E-state index is 6.02. The van der Waals surface area contributed by atoms with Gasteiger partial charge in [0.05, 0.1) is 7.11 Å². The summed E-state index contributed by atoms with van der Waals surface area (Å²) in [5, 5.41) is 0. The Labute approximate surface area is 124 Å². The van der Waals surface area contributed by atoms with Crippen LogP contribution in [0, 0.1) is 0 Å². The molecule has 0 atom stereocenters. The smallest absolute Gasteiger partial charge is 0.120 e. The first-order valence-corrected chi connectivity index (χ1v) is 7.92. The van der Waals surface area contributed by atoms with Gasteiger partial charge in [0, 0.05) is 16.3 Å². The van der Waals surface area contributed by atoms with Crippen molar-refractivity contribution >= 4 is 17.4 Å². The molecule has 0 heterocycles. The van der Waals surface area contributed by atoms with Gasteiger partial charge in [-0.25, -0.2) is 0 Å². The van der Waals surface area contributed by atoms with Gasteiger partial charge in [0.2, 0.25) is 0 Å². The van der Waals surface area contributed by atoms with E-state index in [1.807, 2.05) is 18.2 Å². The molecule has 104 valence electrons. The van der Waals surface area contributed by atoms with Crippen LogP contribution in [0.1, 0.15) is 23.1 Å². The Bertz CT molecular complexity index is 624. The Balaban J connectivity index is 1.73. The van der Waals surface area contributed by atoms with Crippen molar-refractivity contribution in [3.63, 3.8) is 0 Å². The quantitative estimate of drug-likeness (QED) is 0.679. The summed E-state index contributed by atoms with van der Waals surface area (Å²) in [6.45, 7) is 0. The van der Waals surface area contributed by atoms with Crippen LogP contribution in [0.2, 0.25) is 0 Å². The molecule has 0 saturated carbocycles. The van der Waals surface area contributed by atoms with Crippen LogP contribution in [-0.4, -0.2) is 7.11 Å². The standard InChI is InChI=1S/C17H19NOS/c1-19-15-7-8-16(18)17(10-15)20-11-12-5-6-13-3-2-4-14(13)9-12/h5-10H,2-4,11,18H2,1H3. The summed E-state index contributed by atoms with van der Waals surface area (Å²) in [5.41, 5.74) is 11.3. The maximum Gasteiger partial charge on any atom is 0.120 e. The summed E-state index contributed by atoms with van der Waals surface area (Å²) in [4.78, 5) is 1.09. The zero-order valence-electron chi connectivity index (χ0n) is 11.7. The lowest BCUT2D eigenvalue weighted by Gasteiger charge is -2.09. The maximum atomic E-state index is 6.02. The highest BCUT2D eigenvalue weighted by molar-refractivity contribution is 7.98. The number of hydrogen-bond donors (Lipinski definition) is 1. The molecule has 0 amide bonds. The van der Waals surface area contributed by atoms with Crippen LogP contribution in [-0.2, 0) is 18.6 Å². The molecule has 0 bridgehead atoms. The van der Waals surface area contributed by atoms with Gasteiger partial charge in [0.1, 0.15) is 5.75 Å². The number of thioether (sulfide) groups is 1. The van der Waals surface area contributed by atoms with Crippen molar-refractivity contribution in [3.8, 4) is 5.75 Å². The molecule has 2 aromatic carbocycles. The minimum atomic E-state index is 0.817. The first-order valence-electron chi connectivity index (χ1n) is 6.93. The van der Waals surface area contributed by atoms with Crippen molar-refractivity contribution in [2.24, 2.45) is 0 Å². The highest BCUT2D eigenvalue weighted by atomic mass is 32.2. The van der Waals surface area contributed by atoms with Gasteiger partial charge in [-0.3, -0.25) is 0 Å². The molecule has 0 unspecified atom stereocenters. The van der Waals surface area contributed by atoms with E-state index in [-0.39, 0.29) is 0 Å². The van der Waals surface area contributed by atoms with Gasteiger partial charge >= 0.3 is 0 Å². The zero-order chi connectivity index (χ0) is 13.9. The van der Waals surface area contributed by atoms with Gasteiger partial charge in [-0.05, 0) is 54.2 Å². The Morgan fingerprint density at radius 3 is 2.80 bits per heavy atom. The minimum Gasteiger partial charge on any atom is -0.497 e.